The summed E-state index contributed by atoms with van der Waals surface area (Å²) in [6.07, 6.45) is 4.99. The predicted molar refractivity (Wildman–Crippen MR) is 98.4 cm³/mol. The maximum Gasteiger partial charge on any atom is 0.248 e. The van der Waals surface area contributed by atoms with Crippen LogP contribution in [0.3, 0.4) is 0 Å². The Balaban J connectivity index is 1.78. The number of benzene rings is 1. The summed E-state index contributed by atoms with van der Waals surface area (Å²) in [5, 5.41) is 3.24. The lowest BCUT2D eigenvalue weighted by atomic mass is 10.0. The van der Waals surface area contributed by atoms with Gasteiger partial charge in [0.05, 0.1) is 5.69 Å². The Kier molecular flexibility index (Phi) is 4.67. The van der Waals surface area contributed by atoms with Crippen LogP contribution in [0.4, 0.5) is 5.69 Å². The number of nitrogens with one attached hydrogen (secondary N) is 1. The van der Waals surface area contributed by atoms with E-state index in [1.165, 1.54) is 11.6 Å². The lowest BCUT2D eigenvalue weighted by molar-refractivity contribution is -0.111. The lowest BCUT2D eigenvalue weighted by Crippen LogP contribution is -2.08. The molecule has 0 aliphatic rings. The quantitative estimate of drug-likeness (QED) is 0.696. The number of aromatic nitrogens is 2. The zero-order valence-corrected chi connectivity index (χ0v) is 14.3. The summed E-state index contributed by atoms with van der Waals surface area (Å²) in [6.45, 7) is 4.24. The summed E-state index contributed by atoms with van der Waals surface area (Å²) in [6, 6.07) is 13.5. The van der Waals surface area contributed by atoms with Crippen LogP contribution < -0.4 is 5.32 Å². The second-order valence-electron chi connectivity index (χ2n) is 5.82. The van der Waals surface area contributed by atoms with E-state index in [0.717, 1.165) is 11.3 Å². The van der Waals surface area contributed by atoms with Crippen LogP contribution in [0.2, 0.25) is 5.15 Å². The van der Waals surface area contributed by atoms with Crippen LogP contribution in [0.25, 0.3) is 11.7 Å². The first-order valence-electron chi connectivity index (χ1n) is 7.76. The molecule has 0 saturated heterocycles. The van der Waals surface area contributed by atoms with Gasteiger partial charge in [-0.2, -0.15) is 0 Å². The summed E-state index contributed by atoms with van der Waals surface area (Å²) in [7, 11) is 0. The fourth-order valence-corrected chi connectivity index (χ4v) is 2.69. The molecule has 0 aliphatic heterocycles. The molecule has 1 N–H and O–H groups in total. The summed E-state index contributed by atoms with van der Waals surface area (Å²) in [4.78, 5) is 16.4. The summed E-state index contributed by atoms with van der Waals surface area (Å²) in [5.74, 6) is 0.201. The molecule has 0 fully saturated rings. The van der Waals surface area contributed by atoms with Crippen molar-refractivity contribution in [3.8, 4) is 0 Å². The van der Waals surface area contributed by atoms with Gasteiger partial charge in [0, 0.05) is 18.0 Å². The van der Waals surface area contributed by atoms with E-state index in [0.29, 0.717) is 16.8 Å². The Labute approximate surface area is 145 Å². The number of halogens is 1. The van der Waals surface area contributed by atoms with Gasteiger partial charge in [0.25, 0.3) is 0 Å². The molecule has 2 aromatic heterocycles. The van der Waals surface area contributed by atoms with Gasteiger partial charge in [0.15, 0.2) is 5.15 Å². The van der Waals surface area contributed by atoms with Crippen molar-refractivity contribution in [3.05, 3.63) is 71.1 Å². The molecular formula is C19H18ClN3O. The molecule has 0 saturated carbocycles. The van der Waals surface area contributed by atoms with Crippen LogP contribution in [-0.2, 0) is 4.79 Å². The molecule has 3 aromatic rings. The van der Waals surface area contributed by atoms with Gasteiger partial charge in [-0.1, -0.05) is 43.6 Å². The van der Waals surface area contributed by atoms with E-state index >= 15 is 0 Å². The highest BCUT2D eigenvalue weighted by Crippen LogP contribution is 2.20. The van der Waals surface area contributed by atoms with E-state index in [4.69, 9.17) is 11.6 Å². The molecule has 0 spiro atoms. The third kappa shape index (κ3) is 3.49. The first kappa shape index (κ1) is 16.3. The summed E-state index contributed by atoms with van der Waals surface area (Å²) in [5.41, 5.74) is 3.38. The van der Waals surface area contributed by atoms with E-state index in [9.17, 15) is 4.79 Å². The molecule has 5 heteroatoms. The molecule has 2 heterocycles. The van der Waals surface area contributed by atoms with Crippen molar-refractivity contribution in [1.82, 2.24) is 9.38 Å². The lowest BCUT2D eigenvalue weighted by Gasteiger charge is -2.08. The van der Waals surface area contributed by atoms with Crippen LogP contribution in [-0.4, -0.2) is 15.3 Å². The zero-order valence-electron chi connectivity index (χ0n) is 13.5. The van der Waals surface area contributed by atoms with E-state index in [-0.39, 0.29) is 5.91 Å². The van der Waals surface area contributed by atoms with Gasteiger partial charge in [-0.3, -0.25) is 9.20 Å². The number of rotatable bonds is 4. The summed E-state index contributed by atoms with van der Waals surface area (Å²) < 4.78 is 1.84. The maximum absolute atomic E-state index is 12.2. The number of hydrogen-bond acceptors (Lipinski definition) is 2. The number of imidazole rings is 1. The minimum Gasteiger partial charge on any atom is -0.323 e. The van der Waals surface area contributed by atoms with Crippen LogP contribution >= 0.6 is 11.6 Å². The number of anilines is 1. The highest BCUT2D eigenvalue weighted by atomic mass is 35.5. The Morgan fingerprint density at radius 2 is 2.08 bits per heavy atom. The molecule has 122 valence electrons. The van der Waals surface area contributed by atoms with Gasteiger partial charge < -0.3 is 5.32 Å². The third-order valence-electron chi connectivity index (χ3n) is 3.74. The van der Waals surface area contributed by atoms with Crippen molar-refractivity contribution in [1.29, 1.82) is 0 Å². The van der Waals surface area contributed by atoms with Gasteiger partial charge in [-0.05, 0) is 41.8 Å². The van der Waals surface area contributed by atoms with Gasteiger partial charge >= 0.3 is 0 Å². The fourth-order valence-electron chi connectivity index (χ4n) is 2.45. The minimum atomic E-state index is -0.210. The predicted octanol–water partition coefficient (Wildman–Crippen LogP) is 4.76. The second kappa shape index (κ2) is 6.89. The normalized spacial score (nSPS) is 11.5. The standard InChI is InChI=1S/C19H18ClN3O/c1-13(2)14-6-5-7-15(12-14)21-18(24)10-9-16-19(20)22-17-8-3-4-11-23(16)17/h3-13H,1-2H3,(H,21,24)/b10-9+. The molecule has 1 amide bonds. The first-order valence-corrected chi connectivity index (χ1v) is 8.14. The smallest absolute Gasteiger partial charge is 0.248 e. The molecule has 0 bridgehead atoms. The van der Waals surface area contributed by atoms with Crippen molar-refractivity contribution in [2.24, 2.45) is 0 Å². The van der Waals surface area contributed by atoms with Crippen LogP contribution in [0.15, 0.2) is 54.7 Å². The van der Waals surface area contributed by atoms with E-state index in [1.54, 1.807) is 6.08 Å². The highest BCUT2D eigenvalue weighted by Gasteiger charge is 2.07. The van der Waals surface area contributed by atoms with Crippen molar-refractivity contribution in [3.63, 3.8) is 0 Å². The molecule has 0 unspecified atom stereocenters. The van der Waals surface area contributed by atoms with E-state index < -0.39 is 0 Å². The molecule has 4 nitrogen and oxygen atoms in total. The average Bonchev–Trinajstić information content (AvgIpc) is 2.88. The molecule has 0 radical (unpaired) electrons. The van der Waals surface area contributed by atoms with Crippen LogP contribution in [0.1, 0.15) is 31.0 Å². The third-order valence-corrected chi connectivity index (χ3v) is 4.01. The van der Waals surface area contributed by atoms with E-state index in [1.807, 2.05) is 53.1 Å². The number of pyridine rings is 1. The molecule has 0 aliphatic carbocycles. The van der Waals surface area contributed by atoms with Crippen molar-refractivity contribution in [2.45, 2.75) is 19.8 Å². The number of amides is 1. The molecule has 24 heavy (non-hydrogen) atoms. The maximum atomic E-state index is 12.2. The number of hydrogen-bond donors (Lipinski definition) is 1. The average molecular weight is 340 g/mol. The van der Waals surface area contributed by atoms with Gasteiger partial charge in [0.1, 0.15) is 5.65 Å². The number of fused-ring (bicyclic) bond motifs is 1. The summed E-state index contributed by atoms with van der Waals surface area (Å²) >= 11 is 6.15. The Morgan fingerprint density at radius 3 is 2.88 bits per heavy atom. The van der Waals surface area contributed by atoms with Crippen molar-refractivity contribution >= 4 is 34.9 Å². The Bertz CT molecular complexity index is 912. The molecule has 1 aromatic carbocycles. The minimum absolute atomic E-state index is 0.210. The van der Waals surface area contributed by atoms with Crippen LogP contribution in [0.5, 0.6) is 0 Å². The van der Waals surface area contributed by atoms with Gasteiger partial charge in [-0.25, -0.2) is 4.98 Å². The van der Waals surface area contributed by atoms with Crippen molar-refractivity contribution in [2.75, 3.05) is 5.32 Å². The monoisotopic (exact) mass is 339 g/mol. The van der Waals surface area contributed by atoms with Crippen LogP contribution in [0, 0.1) is 0 Å². The number of nitrogens with zero attached hydrogens (tertiary/aromatic N) is 2. The molecular weight excluding hydrogens is 322 g/mol. The SMILES string of the molecule is CC(C)c1cccc(NC(=O)/C=C/c2c(Cl)nc3ccccn23)c1. The topological polar surface area (TPSA) is 46.4 Å². The largest absolute Gasteiger partial charge is 0.323 e. The molecule has 3 rings (SSSR count). The number of carbonyl (C=O) groups excluding carboxylic acids is 1. The zero-order chi connectivity index (χ0) is 17.1. The van der Waals surface area contributed by atoms with Gasteiger partial charge in [0.2, 0.25) is 5.91 Å². The highest BCUT2D eigenvalue weighted by molar-refractivity contribution is 6.31. The molecule has 0 atom stereocenters. The number of carbonyl (C=O) groups is 1. The fraction of sp³-hybridized carbons (Fsp3) is 0.158. The van der Waals surface area contributed by atoms with Crippen molar-refractivity contribution < 1.29 is 4.79 Å². The Hall–Kier alpha value is -2.59. The first-order chi connectivity index (χ1) is 11.5. The second-order valence-corrected chi connectivity index (χ2v) is 6.18. The van der Waals surface area contributed by atoms with Gasteiger partial charge in [-0.15, -0.1) is 0 Å². The Morgan fingerprint density at radius 1 is 1.25 bits per heavy atom. The van der Waals surface area contributed by atoms with E-state index in [2.05, 4.69) is 24.1 Å².